The minimum absolute atomic E-state index is 0.346. The van der Waals surface area contributed by atoms with Crippen LogP contribution in [0.1, 0.15) is 25.0 Å². The smallest absolute Gasteiger partial charge is 0.243 e. The van der Waals surface area contributed by atoms with Crippen LogP contribution in [0.2, 0.25) is 0 Å². The average molecular weight is 404 g/mol. The van der Waals surface area contributed by atoms with Gasteiger partial charge in [0.1, 0.15) is 0 Å². The largest absolute Gasteiger partial charge is 0.376 e. The second-order valence-corrected chi connectivity index (χ2v) is 9.08. The second-order valence-electron chi connectivity index (χ2n) is 6.37. The molecule has 27 heavy (non-hydrogen) atoms. The Balaban J connectivity index is 1.69. The molecular weight excluding hydrogens is 378 g/mol. The van der Waals surface area contributed by atoms with Crippen LogP contribution >= 0.6 is 11.3 Å². The van der Waals surface area contributed by atoms with Crippen molar-refractivity contribution in [3.63, 3.8) is 0 Å². The predicted octanol–water partition coefficient (Wildman–Crippen LogP) is 4.69. The Kier molecular flexibility index (Phi) is 6.65. The average Bonchev–Trinajstić information content (AvgIpc) is 3.19. The van der Waals surface area contributed by atoms with Gasteiger partial charge in [0.05, 0.1) is 18.1 Å². The first-order valence-corrected chi connectivity index (χ1v) is 11.5. The summed E-state index contributed by atoms with van der Waals surface area (Å²) in [5, 5.41) is 6.16. The van der Waals surface area contributed by atoms with Crippen molar-refractivity contribution in [1.82, 2.24) is 4.31 Å². The zero-order chi connectivity index (χ0) is 19.3. The van der Waals surface area contributed by atoms with Crippen molar-refractivity contribution in [2.24, 2.45) is 0 Å². The third-order valence-electron chi connectivity index (χ3n) is 4.60. The van der Waals surface area contributed by atoms with Crippen LogP contribution in [-0.2, 0) is 27.8 Å². The molecule has 0 amide bonds. The monoisotopic (exact) mass is 403 g/mol. The van der Waals surface area contributed by atoms with Gasteiger partial charge in [0.15, 0.2) is 0 Å². The van der Waals surface area contributed by atoms with E-state index in [-0.39, 0.29) is 0 Å². The topological polar surface area (TPSA) is 46.6 Å². The highest BCUT2D eigenvalue weighted by atomic mass is 32.2. The van der Waals surface area contributed by atoms with E-state index in [0.29, 0.717) is 31.2 Å². The summed E-state index contributed by atoms with van der Waals surface area (Å²) in [6, 6.07) is 13.5. The molecule has 0 atom stereocenters. The van der Waals surface area contributed by atoms with E-state index in [1.165, 1.54) is 9.87 Å². The van der Waals surface area contributed by atoms with Crippen molar-refractivity contribution in [2.45, 2.75) is 31.8 Å². The van der Waals surface area contributed by atoms with Crippen LogP contribution in [0.4, 0.5) is 0 Å². The maximum Gasteiger partial charge on any atom is 0.243 e. The van der Waals surface area contributed by atoms with Crippen LogP contribution in [0, 0.1) is 0 Å². The van der Waals surface area contributed by atoms with Gasteiger partial charge in [-0.2, -0.15) is 15.6 Å². The quantitative estimate of drug-likeness (QED) is 0.487. The fraction of sp³-hybridized carbons (Fsp3) is 0.333. The van der Waals surface area contributed by atoms with Crippen molar-refractivity contribution in [2.75, 3.05) is 19.7 Å². The molecule has 3 rings (SSSR count). The molecule has 0 N–H and O–H groups in total. The first kappa shape index (κ1) is 20.0. The van der Waals surface area contributed by atoms with Gasteiger partial charge in [-0.1, -0.05) is 32.0 Å². The van der Waals surface area contributed by atoms with E-state index in [1.54, 1.807) is 23.5 Å². The number of fused-ring (bicyclic) bond motifs is 1. The normalized spacial score (nSPS) is 12.1. The zero-order valence-electron chi connectivity index (χ0n) is 15.7. The zero-order valence-corrected chi connectivity index (χ0v) is 17.4. The third kappa shape index (κ3) is 4.76. The third-order valence-corrected chi connectivity index (χ3v) is 7.38. The Morgan fingerprint density at radius 1 is 0.963 bits per heavy atom. The first-order chi connectivity index (χ1) is 13.0. The lowest BCUT2D eigenvalue weighted by Crippen LogP contribution is -2.30. The van der Waals surface area contributed by atoms with Gasteiger partial charge in [0.2, 0.25) is 10.0 Å². The molecular formula is C21H25NO3S2. The van der Waals surface area contributed by atoms with Crippen molar-refractivity contribution in [3.05, 3.63) is 64.4 Å². The Hall–Kier alpha value is -1.73. The Morgan fingerprint density at radius 3 is 2.41 bits per heavy atom. The van der Waals surface area contributed by atoms with E-state index in [4.69, 9.17) is 4.74 Å². The van der Waals surface area contributed by atoms with E-state index in [0.717, 1.165) is 22.8 Å². The number of ether oxygens (including phenoxy) is 1. The number of thiophene rings is 1. The molecule has 0 fully saturated rings. The van der Waals surface area contributed by atoms with Gasteiger partial charge >= 0.3 is 0 Å². The summed E-state index contributed by atoms with van der Waals surface area (Å²) in [6.45, 7) is 5.89. The van der Waals surface area contributed by atoms with Crippen molar-refractivity contribution < 1.29 is 13.2 Å². The van der Waals surface area contributed by atoms with Gasteiger partial charge in [0.25, 0.3) is 0 Å². The van der Waals surface area contributed by atoms with Crippen LogP contribution in [0.3, 0.4) is 0 Å². The van der Waals surface area contributed by atoms with Crippen molar-refractivity contribution in [3.8, 4) is 0 Å². The summed E-state index contributed by atoms with van der Waals surface area (Å²) in [7, 11) is -3.43. The molecule has 0 aliphatic carbocycles. The molecule has 1 heterocycles. The number of nitrogens with zero attached hydrogens (tertiary/aromatic N) is 1. The lowest BCUT2D eigenvalue weighted by atomic mass is 10.1. The van der Waals surface area contributed by atoms with E-state index in [9.17, 15) is 8.42 Å². The summed E-state index contributed by atoms with van der Waals surface area (Å²) in [5.41, 5.74) is 2.40. The molecule has 144 valence electrons. The highest BCUT2D eigenvalue weighted by molar-refractivity contribution is 7.89. The molecule has 0 saturated heterocycles. The number of hydrogen-bond donors (Lipinski definition) is 0. The number of benzene rings is 2. The number of hydrogen-bond acceptors (Lipinski definition) is 4. The predicted molar refractivity (Wildman–Crippen MR) is 112 cm³/mol. The molecule has 0 spiro atoms. The molecule has 0 aliphatic rings. The SMILES string of the molecule is CCN(CC)S(=O)(=O)c1ccc2cc(COCCc3ccsc3)ccc2c1. The lowest BCUT2D eigenvalue weighted by molar-refractivity contribution is 0.124. The Morgan fingerprint density at radius 2 is 1.70 bits per heavy atom. The molecule has 0 bridgehead atoms. The molecule has 0 radical (unpaired) electrons. The summed E-state index contributed by atoms with van der Waals surface area (Å²) in [4.78, 5) is 0.346. The minimum atomic E-state index is -3.43. The van der Waals surface area contributed by atoms with Crippen molar-refractivity contribution in [1.29, 1.82) is 0 Å². The highest BCUT2D eigenvalue weighted by Crippen LogP contribution is 2.23. The summed E-state index contributed by atoms with van der Waals surface area (Å²) in [5.74, 6) is 0. The molecule has 0 aliphatic heterocycles. The second kappa shape index (κ2) is 8.97. The van der Waals surface area contributed by atoms with Gasteiger partial charge in [-0.3, -0.25) is 0 Å². The van der Waals surface area contributed by atoms with E-state index >= 15 is 0 Å². The van der Waals surface area contributed by atoms with Crippen LogP contribution in [-0.4, -0.2) is 32.4 Å². The van der Waals surface area contributed by atoms with Gasteiger partial charge in [0, 0.05) is 13.1 Å². The molecule has 3 aromatic rings. The summed E-state index contributed by atoms with van der Waals surface area (Å²) in [6.07, 6.45) is 0.920. The standard InChI is InChI=1S/C21H25NO3S2/c1-3-22(4-2)27(23,24)21-8-7-19-13-18(5-6-20(19)14-21)15-25-11-9-17-10-12-26-16-17/h5-8,10,12-14,16H,3-4,9,11,15H2,1-2H3. The minimum Gasteiger partial charge on any atom is -0.376 e. The fourth-order valence-electron chi connectivity index (χ4n) is 3.05. The first-order valence-electron chi connectivity index (χ1n) is 9.16. The van der Waals surface area contributed by atoms with Crippen LogP contribution in [0.25, 0.3) is 10.8 Å². The summed E-state index contributed by atoms with van der Waals surface area (Å²) < 4.78 is 32.6. The fourth-order valence-corrected chi connectivity index (χ4v) is 5.25. The molecule has 4 nitrogen and oxygen atoms in total. The van der Waals surface area contributed by atoms with E-state index < -0.39 is 10.0 Å². The molecule has 1 aromatic heterocycles. The van der Waals surface area contributed by atoms with Crippen LogP contribution < -0.4 is 0 Å². The van der Waals surface area contributed by atoms with Gasteiger partial charge in [-0.05, 0) is 63.3 Å². The van der Waals surface area contributed by atoms with Crippen LogP contribution in [0.5, 0.6) is 0 Å². The van der Waals surface area contributed by atoms with Crippen molar-refractivity contribution >= 4 is 32.1 Å². The number of rotatable bonds is 9. The lowest BCUT2D eigenvalue weighted by Gasteiger charge is -2.18. The van der Waals surface area contributed by atoms with Gasteiger partial charge in [-0.25, -0.2) is 8.42 Å². The maximum atomic E-state index is 12.7. The van der Waals surface area contributed by atoms with Gasteiger partial charge < -0.3 is 4.74 Å². The molecule has 0 unspecified atom stereocenters. The Bertz CT molecular complexity index is 978. The number of sulfonamides is 1. The van der Waals surface area contributed by atoms with E-state index in [1.807, 2.05) is 32.0 Å². The molecule has 0 saturated carbocycles. The highest BCUT2D eigenvalue weighted by Gasteiger charge is 2.21. The van der Waals surface area contributed by atoms with Crippen LogP contribution in [0.15, 0.2) is 58.1 Å². The van der Waals surface area contributed by atoms with E-state index in [2.05, 4.69) is 22.9 Å². The molecule has 2 aromatic carbocycles. The Labute approximate surface area is 165 Å². The summed E-state index contributed by atoms with van der Waals surface area (Å²) >= 11 is 1.70. The molecule has 6 heteroatoms. The van der Waals surface area contributed by atoms with Gasteiger partial charge in [-0.15, -0.1) is 0 Å². The maximum absolute atomic E-state index is 12.7.